The number of hydrogen-bond acceptors (Lipinski definition) is 5. The minimum absolute atomic E-state index is 0.0644. The van der Waals surface area contributed by atoms with E-state index in [0.717, 1.165) is 25.7 Å². The Morgan fingerprint density at radius 1 is 0.810 bits per heavy atom. The summed E-state index contributed by atoms with van der Waals surface area (Å²) in [5.41, 5.74) is 0. The molecule has 1 saturated heterocycles. The van der Waals surface area contributed by atoms with Crippen LogP contribution in [0, 0.1) is 0 Å². The van der Waals surface area contributed by atoms with E-state index < -0.39 is 24.1 Å². The Balaban J connectivity index is 1.41. The molecule has 2 aliphatic carbocycles. The molecule has 7 heteroatoms. The van der Waals surface area contributed by atoms with E-state index in [4.69, 9.17) is 37.4 Å². The largest absolute Gasteiger partial charge is 0.460 e. The molecule has 0 N–H and O–H groups in total. The lowest BCUT2D eigenvalue weighted by molar-refractivity contribution is -0.152. The zero-order chi connectivity index (χ0) is 15.0. The van der Waals surface area contributed by atoms with Crippen LogP contribution in [-0.4, -0.2) is 47.1 Å². The van der Waals surface area contributed by atoms with Crippen LogP contribution in [0.2, 0.25) is 0 Å². The second-order valence-corrected chi connectivity index (χ2v) is 7.15. The van der Waals surface area contributed by atoms with E-state index in [9.17, 15) is 9.59 Å². The number of halogens is 2. The van der Waals surface area contributed by atoms with Gasteiger partial charge in [-0.15, -0.1) is 23.2 Å². The molecule has 3 aliphatic rings. The number of epoxide rings is 1. The summed E-state index contributed by atoms with van der Waals surface area (Å²) in [5, 5.41) is 0.129. The molecule has 21 heavy (non-hydrogen) atoms. The molecule has 0 radical (unpaired) electrons. The average Bonchev–Trinajstić information content (AvgIpc) is 3.00. The summed E-state index contributed by atoms with van der Waals surface area (Å²) in [7, 11) is 0. The third-order valence-corrected chi connectivity index (χ3v) is 4.96. The van der Waals surface area contributed by atoms with Gasteiger partial charge < -0.3 is 14.2 Å². The fraction of sp³-hybridized carbons (Fsp3) is 0.857. The van der Waals surface area contributed by atoms with Gasteiger partial charge in [-0.2, -0.15) is 0 Å². The van der Waals surface area contributed by atoms with Gasteiger partial charge in [0.1, 0.15) is 12.2 Å². The third-order valence-electron chi connectivity index (χ3n) is 4.16. The van der Waals surface area contributed by atoms with Gasteiger partial charge in [0.15, 0.2) is 12.2 Å². The Morgan fingerprint density at radius 2 is 1.24 bits per heavy atom. The molecule has 4 unspecified atom stereocenters. The molecule has 3 rings (SSSR count). The minimum Gasteiger partial charge on any atom is -0.460 e. The minimum atomic E-state index is -0.819. The molecule has 2 saturated carbocycles. The van der Waals surface area contributed by atoms with Crippen molar-refractivity contribution < 1.29 is 23.8 Å². The number of rotatable bonds is 4. The van der Waals surface area contributed by atoms with E-state index >= 15 is 0 Å². The van der Waals surface area contributed by atoms with Gasteiger partial charge in [0.2, 0.25) is 0 Å². The summed E-state index contributed by atoms with van der Waals surface area (Å²) < 4.78 is 15.7. The normalized spacial score (nSPS) is 41.8. The lowest BCUT2D eigenvalue weighted by atomic mass is 10.2. The number of esters is 2. The quantitative estimate of drug-likeness (QED) is 0.447. The van der Waals surface area contributed by atoms with E-state index in [2.05, 4.69) is 0 Å². The standard InChI is InChI=1S/C14H18Cl2O5/c15-7-1-3-9(5-7)19-13(17)11-12(21-11)14(18)20-10-4-2-8(16)6-10/h7-12H,1-6H2/t7?,8?,9?,10?,11-,12+. The van der Waals surface area contributed by atoms with Gasteiger partial charge in [-0.3, -0.25) is 0 Å². The number of ether oxygens (including phenoxy) is 3. The van der Waals surface area contributed by atoms with Crippen LogP contribution in [0.15, 0.2) is 0 Å². The van der Waals surface area contributed by atoms with E-state index in [0.29, 0.717) is 12.8 Å². The Morgan fingerprint density at radius 3 is 1.57 bits per heavy atom. The Bertz CT molecular complexity index is 392. The van der Waals surface area contributed by atoms with Gasteiger partial charge in [0, 0.05) is 23.6 Å². The molecular formula is C14H18Cl2O5. The highest BCUT2D eigenvalue weighted by Gasteiger charge is 2.54. The van der Waals surface area contributed by atoms with Gasteiger partial charge in [0.25, 0.3) is 0 Å². The van der Waals surface area contributed by atoms with Crippen molar-refractivity contribution in [3.05, 3.63) is 0 Å². The molecule has 6 atom stereocenters. The Labute approximate surface area is 133 Å². The number of carbonyl (C=O) groups excluding carboxylic acids is 2. The van der Waals surface area contributed by atoms with Crippen LogP contribution in [0.4, 0.5) is 0 Å². The average molecular weight is 337 g/mol. The van der Waals surface area contributed by atoms with Crippen LogP contribution in [0.3, 0.4) is 0 Å². The fourth-order valence-electron chi connectivity index (χ4n) is 2.92. The summed E-state index contributed by atoms with van der Waals surface area (Å²) in [6.45, 7) is 0. The fourth-order valence-corrected chi connectivity index (χ4v) is 3.57. The predicted octanol–water partition coefficient (Wildman–Crippen LogP) is 2.16. The zero-order valence-electron chi connectivity index (χ0n) is 11.5. The highest BCUT2D eigenvalue weighted by molar-refractivity contribution is 6.21. The second kappa shape index (κ2) is 6.31. The maximum atomic E-state index is 11.9. The van der Waals surface area contributed by atoms with Crippen molar-refractivity contribution in [3.8, 4) is 0 Å². The van der Waals surface area contributed by atoms with Crippen molar-refractivity contribution in [1.29, 1.82) is 0 Å². The molecule has 0 spiro atoms. The molecule has 0 amide bonds. The molecule has 0 aromatic carbocycles. The van der Waals surface area contributed by atoms with Gasteiger partial charge in [0.05, 0.1) is 0 Å². The first-order valence-corrected chi connectivity index (χ1v) is 8.25. The van der Waals surface area contributed by atoms with Crippen LogP contribution >= 0.6 is 23.2 Å². The van der Waals surface area contributed by atoms with E-state index in [1.165, 1.54) is 0 Å². The van der Waals surface area contributed by atoms with Crippen LogP contribution < -0.4 is 0 Å². The summed E-state index contributed by atoms with van der Waals surface area (Å²) in [6, 6.07) is 0. The smallest absolute Gasteiger partial charge is 0.338 e. The SMILES string of the molecule is O=C(OC1CCC(Cl)C1)[C@H]1O[C@H]1C(=O)OC1CCC(Cl)C1. The maximum absolute atomic E-state index is 11.9. The topological polar surface area (TPSA) is 65.1 Å². The Hall–Kier alpha value is -0.520. The molecule has 0 aromatic heterocycles. The highest BCUT2D eigenvalue weighted by atomic mass is 35.5. The lowest BCUT2D eigenvalue weighted by Gasteiger charge is -2.11. The molecule has 5 nitrogen and oxygen atoms in total. The van der Waals surface area contributed by atoms with Crippen molar-refractivity contribution in [3.63, 3.8) is 0 Å². The monoisotopic (exact) mass is 336 g/mol. The molecule has 3 fully saturated rings. The lowest BCUT2D eigenvalue weighted by Crippen LogP contribution is -2.26. The van der Waals surface area contributed by atoms with Crippen LogP contribution in [0.1, 0.15) is 38.5 Å². The molecule has 0 aromatic rings. The van der Waals surface area contributed by atoms with E-state index in [1.807, 2.05) is 0 Å². The first-order chi connectivity index (χ1) is 10.0. The number of carbonyl (C=O) groups is 2. The molecule has 118 valence electrons. The van der Waals surface area contributed by atoms with Crippen LogP contribution in [-0.2, 0) is 23.8 Å². The third kappa shape index (κ3) is 3.82. The van der Waals surface area contributed by atoms with Crippen molar-refractivity contribution >= 4 is 35.1 Å². The summed E-state index contributed by atoms with van der Waals surface area (Å²) >= 11 is 11.9. The number of alkyl halides is 2. The van der Waals surface area contributed by atoms with Crippen molar-refractivity contribution in [2.45, 2.75) is 73.7 Å². The summed E-state index contributed by atoms with van der Waals surface area (Å²) in [4.78, 5) is 23.7. The zero-order valence-corrected chi connectivity index (χ0v) is 13.0. The van der Waals surface area contributed by atoms with Gasteiger partial charge in [-0.1, -0.05) is 0 Å². The van der Waals surface area contributed by atoms with Crippen molar-refractivity contribution in [1.82, 2.24) is 0 Å². The first kappa shape index (κ1) is 15.4. The van der Waals surface area contributed by atoms with Crippen molar-refractivity contribution in [2.75, 3.05) is 0 Å². The van der Waals surface area contributed by atoms with Crippen LogP contribution in [0.25, 0.3) is 0 Å². The predicted molar refractivity (Wildman–Crippen MR) is 75.4 cm³/mol. The maximum Gasteiger partial charge on any atom is 0.338 e. The molecule has 0 bridgehead atoms. The van der Waals surface area contributed by atoms with Gasteiger partial charge in [-0.25, -0.2) is 9.59 Å². The number of hydrogen-bond donors (Lipinski definition) is 0. The van der Waals surface area contributed by atoms with E-state index in [1.54, 1.807) is 0 Å². The first-order valence-electron chi connectivity index (χ1n) is 7.37. The Kier molecular flexibility index (Phi) is 4.62. The summed E-state index contributed by atoms with van der Waals surface area (Å²) in [6.07, 6.45) is 2.58. The summed E-state index contributed by atoms with van der Waals surface area (Å²) in [5.74, 6) is -0.983. The highest BCUT2D eigenvalue weighted by Crippen LogP contribution is 2.32. The second-order valence-electron chi connectivity index (χ2n) is 5.92. The van der Waals surface area contributed by atoms with Gasteiger partial charge in [-0.05, 0) is 25.7 Å². The molecular weight excluding hydrogens is 319 g/mol. The van der Waals surface area contributed by atoms with Crippen molar-refractivity contribution in [2.24, 2.45) is 0 Å². The van der Waals surface area contributed by atoms with Crippen LogP contribution in [0.5, 0.6) is 0 Å². The molecule has 1 heterocycles. The van der Waals surface area contributed by atoms with Gasteiger partial charge >= 0.3 is 11.9 Å². The molecule has 1 aliphatic heterocycles. The van der Waals surface area contributed by atoms with E-state index in [-0.39, 0.29) is 23.0 Å².